The molecule has 2 aromatic rings. The van der Waals surface area contributed by atoms with E-state index in [1.54, 1.807) is 25.4 Å². The van der Waals surface area contributed by atoms with Crippen LogP contribution in [0.4, 0.5) is 0 Å². The van der Waals surface area contributed by atoms with Crippen LogP contribution in [-0.2, 0) is 16.4 Å². The quantitative estimate of drug-likeness (QED) is 0.258. The Bertz CT molecular complexity index is 879. The standard InChI is InChI=1S/C17H24ClN5O2S2/c1-12-10-15(13(2)26-12)27(24,25)23-9-8-21-17(19-3)20-7-6-14-4-5-16(18)22-11-14/h4-5,10-11,23H,6-9H2,1-3H3,(H2,19,20,21). The molecule has 0 spiro atoms. The molecule has 0 aliphatic heterocycles. The van der Waals surface area contributed by atoms with Gasteiger partial charge in [-0.2, -0.15) is 0 Å². The van der Waals surface area contributed by atoms with Crippen molar-refractivity contribution in [1.82, 2.24) is 20.3 Å². The second-order valence-corrected chi connectivity index (χ2v) is 9.42. The van der Waals surface area contributed by atoms with Crippen LogP contribution < -0.4 is 15.4 Å². The average Bonchev–Trinajstić information content (AvgIpc) is 2.98. The minimum absolute atomic E-state index is 0.262. The van der Waals surface area contributed by atoms with Crippen LogP contribution in [-0.4, -0.2) is 46.0 Å². The van der Waals surface area contributed by atoms with Gasteiger partial charge in [0, 0.05) is 42.6 Å². The van der Waals surface area contributed by atoms with Crippen molar-refractivity contribution in [2.45, 2.75) is 25.2 Å². The lowest BCUT2D eigenvalue weighted by atomic mass is 10.2. The van der Waals surface area contributed by atoms with Crippen LogP contribution in [0.5, 0.6) is 0 Å². The topological polar surface area (TPSA) is 95.5 Å². The van der Waals surface area contributed by atoms with Gasteiger partial charge in [-0.05, 0) is 38.0 Å². The molecule has 0 bridgehead atoms. The summed E-state index contributed by atoms with van der Waals surface area (Å²) >= 11 is 7.24. The first kappa shape index (κ1) is 21.6. The third-order valence-electron chi connectivity index (χ3n) is 3.71. The number of hydrogen-bond donors (Lipinski definition) is 3. The molecule has 3 N–H and O–H groups in total. The van der Waals surface area contributed by atoms with E-state index < -0.39 is 10.0 Å². The van der Waals surface area contributed by atoms with Gasteiger partial charge in [0.15, 0.2) is 5.96 Å². The Hall–Kier alpha value is -1.68. The maximum atomic E-state index is 12.3. The van der Waals surface area contributed by atoms with E-state index in [1.807, 2.05) is 19.9 Å². The number of hydrogen-bond acceptors (Lipinski definition) is 5. The summed E-state index contributed by atoms with van der Waals surface area (Å²) in [4.78, 5) is 10.3. The number of nitrogens with one attached hydrogen (secondary N) is 3. The molecule has 0 aliphatic rings. The number of guanidine groups is 1. The average molecular weight is 430 g/mol. The van der Waals surface area contributed by atoms with Crippen molar-refractivity contribution in [2.75, 3.05) is 26.7 Å². The Morgan fingerprint density at radius 3 is 2.56 bits per heavy atom. The summed E-state index contributed by atoms with van der Waals surface area (Å²) in [5.74, 6) is 0.610. The van der Waals surface area contributed by atoms with E-state index in [0.717, 1.165) is 21.7 Å². The summed E-state index contributed by atoms with van der Waals surface area (Å²) in [5.41, 5.74) is 1.07. The van der Waals surface area contributed by atoms with Crippen molar-refractivity contribution in [2.24, 2.45) is 4.99 Å². The fraction of sp³-hybridized carbons (Fsp3) is 0.412. The minimum atomic E-state index is -3.49. The van der Waals surface area contributed by atoms with E-state index in [2.05, 4.69) is 25.3 Å². The Morgan fingerprint density at radius 1 is 1.22 bits per heavy atom. The molecule has 2 aromatic heterocycles. The molecule has 0 radical (unpaired) electrons. The lowest BCUT2D eigenvalue weighted by Gasteiger charge is -2.12. The van der Waals surface area contributed by atoms with Gasteiger partial charge in [-0.25, -0.2) is 18.1 Å². The van der Waals surface area contributed by atoms with E-state index >= 15 is 0 Å². The fourth-order valence-corrected chi connectivity index (χ4v) is 5.11. The van der Waals surface area contributed by atoms with E-state index in [-0.39, 0.29) is 6.54 Å². The van der Waals surface area contributed by atoms with E-state index in [9.17, 15) is 8.42 Å². The SMILES string of the molecule is CN=C(NCCNS(=O)(=O)c1cc(C)sc1C)NCCc1ccc(Cl)nc1. The molecule has 0 saturated carbocycles. The highest BCUT2D eigenvalue weighted by Gasteiger charge is 2.18. The fourth-order valence-electron chi connectivity index (χ4n) is 2.42. The maximum Gasteiger partial charge on any atom is 0.241 e. The summed E-state index contributed by atoms with van der Waals surface area (Å²) in [7, 11) is -1.82. The van der Waals surface area contributed by atoms with Gasteiger partial charge in [0.05, 0.1) is 4.90 Å². The predicted molar refractivity (Wildman–Crippen MR) is 111 cm³/mol. The molecule has 0 fully saturated rings. The van der Waals surface area contributed by atoms with E-state index in [0.29, 0.717) is 29.1 Å². The van der Waals surface area contributed by atoms with Crippen molar-refractivity contribution >= 4 is 38.9 Å². The number of aryl methyl sites for hydroxylation is 2. The van der Waals surface area contributed by atoms with Gasteiger partial charge in [-0.1, -0.05) is 17.7 Å². The third kappa shape index (κ3) is 6.76. The van der Waals surface area contributed by atoms with Crippen molar-refractivity contribution in [3.8, 4) is 0 Å². The highest BCUT2D eigenvalue weighted by molar-refractivity contribution is 7.89. The Kier molecular flexibility index (Phi) is 8.03. The second-order valence-electron chi connectivity index (χ2n) is 5.84. The second kappa shape index (κ2) is 10.0. The summed E-state index contributed by atoms with van der Waals surface area (Å²) in [6, 6.07) is 5.38. The molecule has 0 amide bonds. The van der Waals surface area contributed by atoms with E-state index in [4.69, 9.17) is 11.6 Å². The molecular formula is C17H24ClN5O2S2. The van der Waals surface area contributed by atoms with Gasteiger partial charge in [-0.3, -0.25) is 4.99 Å². The van der Waals surface area contributed by atoms with Gasteiger partial charge in [-0.15, -0.1) is 11.3 Å². The lowest BCUT2D eigenvalue weighted by Crippen LogP contribution is -2.42. The van der Waals surface area contributed by atoms with Gasteiger partial charge in [0.1, 0.15) is 5.15 Å². The van der Waals surface area contributed by atoms with Crippen molar-refractivity contribution in [3.05, 3.63) is 44.9 Å². The van der Waals surface area contributed by atoms with Crippen LogP contribution in [0.3, 0.4) is 0 Å². The van der Waals surface area contributed by atoms with Crippen molar-refractivity contribution in [1.29, 1.82) is 0 Å². The van der Waals surface area contributed by atoms with Crippen LogP contribution in [0.1, 0.15) is 15.3 Å². The Balaban J connectivity index is 1.73. The van der Waals surface area contributed by atoms with Gasteiger partial charge < -0.3 is 10.6 Å². The molecule has 0 aliphatic carbocycles. The minimum Gasteiger partial charge on any atom is -0.356 e. The zero-order chi connectivity index (χ0) is 19.9. The smallest absolute Gasteiger partial charge is 0.241 e. The van der Waals surface area contributed by atoms with Crippen LogP contribution in [0.2, 0.25) is 5.15 Å². The molecule has 0 aromatic carbocycles. The largest absolute Gasteiger partial charge is 0.356 e. The highest BCUT2D eigenvalue weighted by atomic mass is 35.5. The molecule has 27 heavy (non-hydrogen) atoms. The van der Waals surface area contributed by atoms with Gasteiger partial charge in [0.2, 0.25) is 10.0 Å². The number of thiophene rings is 1. The summed E-state index contributed by atoms with van der Waals surface area (Å²) in [6.45, 7) is 5.06. The molecule has 0 saturated heterocycles. The highest BCUT2D eigenvalue weighted by Crippen LogP contribution is 2.24. The maximum absolute atomic E-state index is 12.3. The van der Waals surface area contributed by atoms with Crippen LogP contribution in [0.25, 0.3) is 0 Å². The van der Waals surface area contributed by atoms with E-state index in [1.165, 1.54) is 11.3 Å². The molecule has 2 rings (SSSR count). The first-order valence-electron chi connectivity index (χ1n) is 8.43. The molecule has 0 atom stereocenters. The van der Waals surface area contributed by atoms with Crippen molar-refractivity contribution in [3.63, 3.8) is 0 Å². The zero-order valence-electron chi connectivity index (χ0n) is 15.5. The molecule has 10 heteroatoms. The number of aliphatic imine (C=N–C) groups is 1. The van der Waals surface area contributed by atoms with Crippen molar-refractivity contribution < 1.29 is 8.42 Å². The number of sulfonamides is 1. The molecule has 148 valence electrons. The molecule has 2 heterocycles. The lowest BCUT2D eigenvalue weighted by molar-refractivity contribution is 0.580. The summed E-state index contributed by atoms with van der Waals surface area (Å²) in [5, 5.41) is 6.74. The third-order valence-corrected chi connectivity index (χ3v) is 6.62. The number of pyridine rings is 1. The summed E-state index contributed by atoms with van der Waals surface area (Å²) in [6.07, 6.45) is 2.51. The summed E-state index contributed by atoms with van der Waals surface area (Å²) < 4.78 is 27.3. The number of rotatable bonds is 8. The van der Waals surface area contributed by atoms with Crippen LogP contribution in [0, 0.1) is 13.8 Å². The normalized spacial score (nSPS) is 12.2. The number of aromatic nitrogens is 1. The zero-order valence-corrected chi connectivity index (χ0v) is 17.9. The number of nitrogens with zero attached hydrogens (tertiary/aromatic N) is 2. The molecule has 0 unspecified atom stereocenters. The van der Waals surface area contributed by atoms with Gasteiger partial charge in [0.25, 0.3) is 0 Å². The first-order chi connectivity index (χ1) is 12.8. The first-order valence-corrected chi connectivity index (χ1v) is 11.1. The monoisotopic (exact) mass is 429 g/mol. The Labute approximate surface area is 169 Å². The van der Waals surface area contributed by atoms with Crippen LogP contribution >= 0.6 is 22.9 Å². The van der Waals surface area contributed by atoms with Gasteiger partial charge >= 0.3 is 0 Å². The predicted octanol–water partition coefficient (Wildman–Crippen LogP) is 2.10. The molecule has 7 nitrogen and oxygen atoms in total. The molecular weight excluding hydrogens is 406 g/mol. The Morgan fingerprint density at radius 2 is 1.96 bits per heavy atom. The number of halogens is 1. The van der Waals surface area contributed by atoms with Crippen LogP contribution in [0.15, 0.2) is 34.3 Å².